The van der Waals surface area contributed by atoms with E-state index in [1.54, 1.807) is 26.4 Å². The standard InChI is InChI=1S/C33H45N3O8/c1-39-16-18-41-24-43-32(30(34)21-26-10-5-3-6-11-26)33(44-25-42-19-17-40-2)31(22-27-12-7-4-8-13-27)35-23-28-14-9-15-29(20-28)36(37)38/h3-15,20,30-33,35H,16-19,21-25,34H2,1-2H3/t30-,31-,32+,33+/m1/s1. The van der Waals surface area contributed by atoms with Gasteiger partial charge >= 0.3 is 0 Å². The summed E-state index contributed by atoms with van der Waals surface area (Å²) in [6.45, 7) is 1.90. The molecule has 3 rings (SSSR count). The first-order valence-corrected chi connectivity index (χ1v) is 14.7. The van der Waals surface area contributed by atoms with Crippen LogP contribution < -0.4 is 11.1 Å². The van der Waals surface area contributed by atoms with Gasteiger partial charge in [0.05, 0.1) is 31.4 Å². The van der Waals surface area contributed by atoms with Crippen LogP contribution in [0.1, 0.15) is 16.7 Å². The van der Waals surface area contributed by atoms with Crippen LogP contribution >= 0.6 is 0 Å². The molecule has 3 aromatic carbocycles. The molecule has 0 saturated heterocycles. The van der Waals surface area contributed by atoms with Crippen LogP contribution in [-0.2, 0) is 47.8 Å². The number of rotatable bonds is 23. The van der Waals surface area contributed by atoms with E-state index < -0.39 is 23.2 Å². The molecule has 3 aromatic rings. The van der Waals surface area contributed by atoms with E-state index in [2.05, 4.69) is 5.32 Å². The Morgan fingerprint density at radius 1 is 0.727 bits per heavy atom. The van der Waals surface area contributed by atoms with Gasteiger partial charge in [0, 0.05) is 45.0 Å². The molecule has 0 unspecified atom stereocenters. The van der Waals surface area contributed by atoms with Crippen LogP contribution in [-0.4, -0.2) is 83.4 Å². The third-order valence-electron chi connectivity index (χ3n) is 7.00. The fourth-order valence-electron chi connectivity index (χ4n) is 4.76. The quantitative estimate of drug-likeness (QED) is 0.0704. The summed E-state index contributed by atoms with van der Waals surface area (Å²) in [5, 5.41) is 15.0. The summed E-state index contributed by atoms with van der Waals surface area (Å²) in [6, 6.07) is 25.8. The van der Waals surface area contributed by atoms with Crippen LogP contribution in [0.3, 0.4) is 0 Å². The predicted molar refractivity (Wildman–Crippen MR) is 167 cm³/mol. The Labute approximate surface area is 259 Å². The predicted octanol–water partition coefficient (Wildman–Crippen LogP) is 3.88. The highest BCUT2D eigenvalue weighted by atomic mass is 16.7. The van der Waals surface area contributed by atoms with Gasteiger partial charge in [-0.25, -0.2) is 0 Å². The minimum Gasteiger partial charge on any atom is -0.382 e. The first-order chi connectivity index (χ1) is 21.5. The number of hydrogen-bond donors (Lipinski definition) is 2. The second kappa shape index (κ2) is 20.7. The minimum atomic E-state index is -0.616. The van der Waals surface area contributed by atoms with E-state index in [0.29, 0.717) is 45.8 Å². The molecule has 0 fully saturated rings. The number of ether oxygens (including phenoxy) is 6. The number of methoxy groups -OCH3 is 2. The maximum atomic E-state index is 11.4. The van der Waals surface area contributed by atoms with E-state index in [1.807, 2.05) is 66.7 Å². The SMILES string of the molecule is COCCOCO[C@H]([C@@H](OCOCCOC)[C@@H](Cc1ccccc1)NCc1cccc([N+](=O)[O-])c1)[C@H](N)Cc1ccccc1. The zero-order chi connectivity index (χ0) is 31.4. The Morgan fingerprint density at radius 3 is 1.84 bits per heavy atom. The molecule has 0 aliphatic rings. The van der Waals surface area contributed by atoms with E-state index in [9.17, 15) is 10.1 Å². The lowest BCUT2D eigenvalue weighted by molar-refractivity contribution is -0.384. The third kappa shape index (κ3) is 12.8. The van der Waals surface area contributed by atoms with Gasteiger partial charge in [-0.05, 0) is 29.5 Å². The number of nitro benzene ring substituents is 1. The lowest BCUT2D eigenvalue weighted by Crippen LogP contribution is -2.56. The number of hydrogen-bond acceptors (Lipinski definition) is 10. The van der Waals surface area contributed by atoms with Crippen molar-refractivity contribution >= 4 is 5.69 Å². The average Bonchev–Trinajstić information content (AvgIpc) is 3.04. The normalized spacial score (nSPS) is 14.2. The first-order valence-electron chi connectivity index (χ1n) is 14.7. The molecule has 0 amide bonds. The number of nitrogens with one attached hydrogen (secondary N) is 1. The number of benzene rings is 3. The van der Waals surface area contributed by atoms with Gasteiger partial charge in [0.25, 0.3) is 5.69 Å². The van der Waals surface area contributed by atoms with E-state index in [-0.39, 0.29) is 25.3 Å². The number of nitrogens with zero attached hydrogens (tertiary/aromatic N) is 1. The van der Waals surface area contributed by atoms with Gasteiger partial charge in [0.15, 0.2) is 0 Å². The lowest BCUT2D eigenvalue weighted by Gasteiger charge is -2.37. The summed E-state index contributed by atoms with van der Waals surface area (Å²) in [6.07, 6.45) is -0.103. The van der Waals surface area contributed by atoms with Gasteiger partial charge in [-0.1, -0.05) is 72.8 Å². The van der Waals surface area contributed by atoms with Crippen LogP contribution in [0.5, 0.6) is 0 Å². The smallest absolute Gasteiger partial charge is 0.269 e. The molecule has 0 aliphatic carbocycles. The summed E-state index contributed by atoms with van der Waals surface area (Å²) in [7, 11) is 3.22. The number of nitro groups is 1. The van der Waals surface area contributed by atoms with Crippen molar-refractivity contribution in [2.24, 2.45) is 5.73 Å². The van der Waals surface area contributed by atoms with Crippen molar-refractivity contribution in [3.05, 3.63) is 112 Å². The van der Waals surface area contributed by atoms with Gasteiger partial charge in [0.2, 0.25) is 0 Å². The van der Waals surface area contributed by atoms with Crippen LogP contribution in [0.2, 0.25) is 0 Å². The largest absolute Gasteiger partial charge is 0.382 e. The topological polar surface area (TPSA) is 137 Å². The highest BCUT2D eigenvalue weighted by Crippen LogP contribution is 2.21. The van der Waals surface area contributed by atoms with E-state index in [0.717, 1.165) is 16.7 Å². The van der Waals surface area contributed by atoms with E-state index >= 15 is 0 Å². The van der Waals surface area contributed by atoms with Crippen LogP contribution in [0.25, 0.3) is 0 Å². The lowest BCUT2D eigenvalue weighted by atomic mass is 9.91. The zero-order valence-electron chi connectivity index (χ0n) is 25.5. The Bertz CT molecular complexity index is 1190. The summed E-state index contributed by atoms with van der Waals surface area (Å²) >= 11 is 0. The molecule has 4 atom stereocenters. The molecule has 44 heavy (non-hydrogen) atoms. The van der Waals surface area contributed by atoms with Gasteiger partial charge in [-0.15, -0.1) is 0 Å². The number of non-ortho nitro benzene ring substituents is 1. The maximum Gasteiger partial charge on any atom is 0.269 e. The highest BCUT2D eigenvalue weighted by Gasteiger charge is 2.36. The van der Waals surface area contributed by atoms with Crippen molar-refractivity contribution in [3.8, 4) is 0 Å². The molecule has 240 valence electrons. The molecular weight excluding hydrogens is 566 g/mol. The summed E-state index contributed by atoms with van der Waals surface area (Å²) in [5.41, 5.74) is 9.82. The van der Waals surface area contributed by atoms with E-state index in [1.165, 1.54) is 6.07 Å². The van der Waals surface area contributed by atoms with Gasteiger partial charge in [-0.3, -0.25) is 10.1 Å². The van der Waals surface area contributed by atoms with Crippen molar-refractivity contribution in [3.63, 3.8) is 0 Å². The van der Waals surface area contributed by atoms with Gasteiger partial charge in [-0.2, -0.15) is 0 Å². The molecular formula is C33H45N3O8. The summed E-state index contributed by atoms with van der Waals surface area (Å²) in [5.74, 6) is 0. The Hall–Kier alpha value is -3.26. The second-order valence-corrected chi connectivity index (χ2v) is 10.3. The molecule has 0 radical (unpaired) electrons. The fraction of sp³-hybridized carbons (Fsp3) is 0.455. The van der Waals surface area contributed by atoms with Crippen molar-refractivity contribution in [1.29, 1.82) is 0 Å². The first kappa shape index (κ1) is 35.2. The minimum absolute atomic E-state index is 0.0101. The molecule has 0 heterocycles. The Kier molecular flexibility index (Phi) is 16.5. The van der Waals surface area contributed by atoms with Crippen molar-refractivity contribution in [2.45, 2.75) is 43.7 Å². The molecule has 0 bridgehead atoms. The monoisotopic (exact) mass is 611 g/mol. The second-order valence-electron chi connectivity index (χ2n) is 10.3. The molecule has 11 nitrogen and oxygen atoms in total. The third-order valence-corrected chi connectivity index (χ3v) is 7.00. The molecule has 0 saturated carbocycles. The summed E-state index contributed by atoms with van der Waals surface area (Å²) < 4.78 is 34.4. The van der Waals surface area contributed by atoms with Crippen LogP contribution in [0.15, 0.2) is 84.9 Å². The molecule has 11 heteroatoms. The Balaban J connectivity index is 1.92. The van der Waals surface area contributed by atoms with Gasteiger partial charge in [0.1, 0.15) is 25.8 Å². The number of nitrogens with two attached hydrogens (primary N) is 1. The average molecular weight is 612 g/mol. The Morgan fingerprint density at radius 2 is 1.27 bits per heavy atom. The van der Waals surface area contributed by atoms with Crippen LogP contribution in [0.4, 0.5) is 5.69 Å². The fourth-order valence-corrected chi connectivity index (χ4v) is 4.76. The molecule has 3 N–H and O–H groups in total. The highest BCUT2D eigenvalue weighted by molar-refractivity contribution is 5.34. The van der Waals surface area contributed by atoms with Crippen molar-refractivity contribution < 1.29 is 33.3 Å². The van der Waals surface area contributed by atoms with Crippen LogP contribution in [0, 0.1) is 10.1 Å². The molecule has 0 aliphatic heterocycles. The molecule has 0 spiro atoms. The van der Waals surface area contributed by atoms with Gasteiger partial charge < -0.3 is 39.5 Å². The zero-order valence-corrected chi connectivity index (χ0v) is 25.5. The maximum absolute atomic E-state index is 11.4. The molecule has 0 aromatic heterocycles. The summed E-state index contributed by atoms with van der Waals surface area (Å²) in [4.78, 5) is 11.0. The van der Waals surface area contributed by atoms with Crippen molar-refractivity contribution in [1.82, 2.24) is 5.32 Å². The van der Waals surface area contributed by atoms with Crippen molar-refractivity contribution in [2.75, 3.05) is 54.2 Å². The van der Waals surface area contributed by atoms with E-state index in [4.69, 9.17) is 34.2 Å².